The molecule has 48 heavy (non-hydrogen) atoms. The highest BCUT2D eigenvalue weighted by atomic mass is 33.1. The van der Waals surface area contributed by atoms with Gasteiger partial charge in [0.15, 0.2) is 0 Å². The van der Waals surface area contributed by atoms with Gasteiger partial charge in [-0.25, -0.2) is 16.8 Å². The molecular weight excluding hydrogens is 693 g/mol. The number of carbonyl (C=O) groups excluding carboxylic acids is 2. The van der Waals surface area contributed by atoms with Crippen LogP contribution in [0.2, 0.25) is 0 Å². The number of sulfonamides is 2. The second-order valence-corrected chi connectivity index (χ2v) is 18.9. The smallest absolute Gasteiger partial charge is 0.325 e. The Kier molecular flexibility index (Phi) is 11.9. The average molecular weight is 733 g/mol. The van der Waals surface area contributed by atoms with Crippen LogP contribution in [0.4, 0.5) is 0 Å². The first-order valence-corrected chi connectivity index (χ1v) is 20.5. The molecule has 0 heterocycles. The van der Waals surface area contributed by atoms with E-state index in [1.54, 1.807) is 114 Å². The van der Waals surface area contributed by atoms with E-state index in [0.717, 1.165) is 32.4 Å². The highest BCUT2D eigenvalue weighted by Crippen LogP contribution is 2.29. The van der Waals surface area contributed by atoms with Gasteiger partial charge >= 0.3 is 11.9 Å². The third kappa shape index (κ3) is 10.2. The molecule has 0 saturated carbocycles. The molecule has 0 unspecified atom stereocenters. The highest BCUT2D eigenvalue weighted by molar-refractivity contribution is 8.76. The Morgan fingerprint density at radius 1 is 0.583 bits per heavy atom. The van der Waals surface area contributed by atoms with Crippen LogP contribution in [-0.2, 0) is 39.1 Å². The molecule has 0 amide bonds. The molecule has 0 bridgehead atoms. The predicted molar refractivity (Wildman–Crippen MR) is 193 cm³/mol. The van der Waals surface area contributed by atoms with Crippen molar-refractivity contribution in [3.05, 3.63) is 84.9 Å². The van der Waals surface area contributed by atoms with Gasteiger partial charge in [-0.15, -0.1) is 0 Å². The minimum absolute atomic E-state index is 0.0136. The van der Waals surface area contributed by atoms with Crippen LogP contribution in [-0.4, -0.2) is 63.6 Å². The summed E-state index contributed by atoms with van der Waals surface area (Å²) in [5.74, 6) is -1.72. The number of nitrogens with one attached hydrogen (secondary N) is 2. The van der Waals surface area contributed by atoms with Crippen LogP contribution < -0.4 is 9.44 Å². The molecule has 0 aliphatic heterocycles. The molecule has 0 spiro atoms. The Balaban J connectivity index is 1.54. The van der Waals surface area contributed by atoms with Crippen molar-refractivity contribution in [1.29, 1.82) is 0 Å². The first kappa shape index (κ1) is 37.7. The van der Waals surface area contributed by atoms with Gasteiger partial charge in [-0.2, -0.15) is 9.44 Å². The lowest BCUT2D eigenvalue weighted by Crippen LogP contribution is -2.46. The van der Waals surface area contributed by atoms with E-state index in [1.165, 1.54) is 12.1 Å². The third-order valence-electron chi connectivity index (χ3n) is 6.61. The average Bonchev–Trinajstić information content (AvgIpc) is 2.99. The summed E-state index contributed by atoms with van der Waals surface area (Å²) in [6.45, 7) is 10.1. The quantitative estimate of drug-likeness (QED) is 0.0947. The lowest BCUT2D eigenvalue weighted by Gasteiger charge is -2.25. The summed E-state index contributed by atoms with van der Waals surface area (Å²) in [6, 6.07) is 21.2. The number of hydrogen-bond donors (Lipinski definition) is 2. The summed E-state index contributed by atoms with van der Waals surface area (Å²) in [7, 11) is -6.19. The fourth-order valence-electron chi connectivity index (χ4n) is 4.64. The summed E-state index contributed by atoms with van der Waals surface area (Å²) >= 11 is 0. The molecule has 0 aliphatic carbocycles. The lowest BCUT2D eigenvalue weighted by molar-refractivity contribution is -0.157. The molecule has 2 atom stereocenters. The Morgan fingerprint density at radius 3 is 1.27 bits per heavy atom. The van der Waals surface area contributed by atoms with Crippen molar-refractivity contribution in [2.75, 3.05) is 11.5 Å². The summed E-state index contributed by atoms with van der Waals surface area (Å²) in [6.07, 6.45) is 0. The zero-order valence-electron chi connectivity index (χ0n) is 27.6. The molecule has 10 nitrogen and oxygen atoms in total. The number of ether oxygens (including phenoxy) is 2. The molecule has 2 N–H and O–H groups in total. The number of esters is 2. The number of carbonyl (C=O) groups is 2. The highest BCUT2D eigenvalue weighted by Gasteiger charge is 2.33. The van der Waals surface area contributed by atoms with E-state index >= 15 is 0 Å². The number of benzene rings is 4. The van der Waals surface area contributed by atoms with Crippen LogP contribution in [0.3, 0.4) is 0 Å². The molecule has 0 fully saturated rings. The Labute approximate surface area is 290 Å². The largest absolute Gasteiger partial charge is 0.459 e. The predicted octanol–water partition coefficient (Wildman–Crippen LogP) is 6.05. The monoisotopic (exact) mass is 732 g/mol. The van der Waals surface area contributed by atoms with Gasteiger partial charge in [0.25, 0.3) is 0 Å². The van der Waals surface area contributed by atoms with Crippen molar-refractivity contribution < 1.29 is 35.9 Å². The van der Waals surface area contributed by atoms with Crippen LogP contribution >= 0.6 is 21.6 Å². The molecule has 0 aromatic heterocycles. The van der Waals surface area contributed by atoms with Crippen LogP contribution in [0.1, 0.15) is 41.5 Å². The summed E-state index contributed by atoms with van der Waals surface area (Å²) in [4.78, 5) is 26.5. The topological polar surface area (TPSA) is 145 Å². The van der Waals surface area contributed by atoms with Gasteiger partial charge in [-0.3, -0.25) is 9.59 Å². The molecule has 0 saturated heterocycles. The number of fused-ring (bicyclic) bond motifs is 2. The van der Waals surface area contributed by atoms with Crippen molar-refractivity contribution in [3.8, 4) is 0 Å². The normalized spacial score (nSPS) is 14.0. The van der Waals surface area contributed by atoms with Gasteiger partial charge in [-0.05, 0) is 64.4 Å². The third-order valence-corrected chi connectivity index (χ3v) is 12.1. The molecule has 4 aromatic carbocycles. The molecule has 0 radical (unpaired) electrons. The van der Waals surface area contributed by atoms with Gasteiger partial charge < -0.3 is 9.47 Å². The Morgan fingerprint density at radius 2 is 0.917 bits per heavy atom. The van der Waals surface area contributed by atoms with Gasteiger partial charge in [0.1, 0.15) is 23.3 Å². The van der Waals surface area contributed by atoms with E-state index in [1.807, 2.05) is 0 Å². The van der Waals surface area contributed by atoms with E-state index < -0.39 is 55.3 Å². The van der Waals surface area contributed by atoms with Crippen molar-refractivity contribution >= 4 is 75.1 Å². The first-order chi connectivity index (χ1) is 22.4. The standard InChI is InChI=1S/C34H40N2O8S4/c1-33(2,3)43-31(37)27(35-47(39,40)29-19-11-15-23-13-7-9-17-25(23)29)21-45-46-22-28(32(38)44-34(4,5)6)36-48(41,42)30-20-12-16-24-14-8-10-18-26(24)30/h7-20,27-28,35-36H,21-22H2,1-6H3/t27-,28-/m0/s1. The molecule has 258 valence electrons. The fourth-order valence-corrected chi connectivity index (χ4v) is 9.98. The summed E-state index contributed by atoms with van der Waals surface area (Å²) in [5, 5.41) is 2.43. The summed E-state index contributed by atoms with van der Waals surface area (Å²) in [5.41, 5.74) is -1.78. The number of rotatable bonds is 13. The second-order valence-electron chi connectivity index (χ2n) is 12.9. The van der Waals surface area contributed by atoms with E-state index in [-0.39, 0.29) is 21.3 Å². The van der Waals surface area contributed by atoms with Crippen LogP contribution in [0.15, 0.2) is 94.7 Å². The maximum atomic E-state index is 13.6. The Hall–Kier alpha value is -3.14. The minimum atomic E-state index is -4.19. The van der Waals surface area contributed by atoms with E-state index in [9.17, 15) is 26.4 Å². The van der Waals surface area contributed by atoms with Crippen molar-refractivity contribution in [1.82, 2.24) is 9.44 Å². The Bertz CT molecular complexity index is 1850. The van der Waals surface area contributed by atoms with E-state index in [4.69, 9.17) is 9.47 Å². The number of hydrogen-bond acceptors (Lipinski definition) is 10. The van der Waals surface area contributed by atoms with Crippen molar-refractivity contribution in [2.24, 2.45) is 0 Å². The zero-order chi connectivity index (χ0) is 35.3. The van der Waals surface area contributed by atoms with E-state index in [2.05, 4.69) is 9.44 Å². The fraction of sp³-hybridized carbons (Fsp3) is 0.353. The molecule has 14 heteroatoms. The second kappa shape index (κ2) is 15.2. The van der Waals surface area contributed by atoms with Gasteiger partial charge in [-0.1, -0.05) is 94.4 Å². The van der Waals surface area contributed by atoms with E-state index in [0.29, 0.717) is 10.8 Å². The zero-order valence-corrected chi connectivity index (χ0v) is 30.8. The SMILES string of the molecule is CC(C)(C)OC(=O)[C@H](CSSC[C@H](NS(=O)(=O)c1cccc2ccccc12)C(=O)OC(C)(C)C)NS(=O)(=O)c1cccc2ccccc12. The van der Waals surface area contributed by atoms with Crippen molar-refractivity contribution in [2.45, 2.75) is 74.6 Å². The molecule has 4 aromatic rings. The minimum Gasteiger partial charge on any atom is -0.459 e. The van der Waals surface area contributed by atoms with Gasteiger partial charge in [0, 0.05) is 22.3 Å². The van der Waals surface area contributed by atoms with Gasteiger partial charge in [0.2, 0.25) is 20.0 Å². The van der Waals surface area contributed by atoms with Crippen LogP contribution in [0.5, 0.6) is 0 Å². The lowest BCUT2D eigenvalue weighted by atomic mass is 10.1. The summed E-state index contributed by atoms with van der Waals surface area (Å²) < 4.78 is 70.5. The molecular formula is C34H40N2O8S4. The molecule has 4 rings (SSSR count). The maximum Gasteiger partial charge on any atom is 0.325 e. The van der Waals surface area contributed by atoms with Crippen molar-refractivity contribution in [3.63, 3.8) is 0 Å². The first-order valence-electron chi connectivity index (χ1n) is 15.1. The van der Waals surface area contributed by atoms with Gasteiger partial charge in [0.05, 0.1) is 9.79 Å². The molecule has 0 aliphatic rings. The van der Waals surface area contributed by atoms with Crippen LogP contribution in [0.25, 0.3) is 21.5 Å². The maximum absolute atomic E-state index is 13.6. The van der Waals surface area contributed by atoms with Crippen LogP contribution in [0, 0.1) is 0 Å².